The van der Waals surface area contributed by atoms with Gasteiger partial charge in [-0.2, -0.15) is 18.3 Å². The Morgan fingerprint density at radius 1 is 1.54 bits per heavy atom. The normalized spacial score (nSPS) is 12.1. The maximum absolute atomic E-state index is 12.1. The fourth-order valence-electron chi connectivity index (χ4n) is 0.970. The average Bonchev–Trinajstić information content (AvgIpc) is 2.32. The third-order valence-electron chi connectivity index (χ3n) is 1.58. The van der Waals surface area contributed by atoms with Gasteiger partial charge in [-0.05, 0) is 13.0 Å². The molecule has 0 bridgehead atoms. The first kappa shape index (κ1) is 10.0. The molecule has 0 radical (unpaired) electrons. The Morgan fingerprint density at radius 2 is 2.15 bits per heavy atom. The van der Waals surface area contributed by atoms with E-state index < -0.39 is 11.9 Å². The zero-order valence-electron chi connectivity index (χ0n) is 6.97. The standard InChI is InChI=1S/C7H9F3N2O/c1-5-4-6(7(8,9)10)11-12(5)2-3-13/h4,13H,2-3H2,1H3. The molecule has 1 N–H and O–H groups in total. The molecule has 0 saturated carbocycles. The number of aliphatic hydroxyl groups excluding tert-OH is 1. The van der Waals surface area contributed by atoms with Crippen molar-refractivity contribution < 1.29 is 18.3 Å². The molecule has 6 heteroatoms. The zero-order valence-corrected chi connectivity index (χ0v) is 6.97. The molecule has 0 saturated heterocycles. The van der Waals surface area contributed by atoms with Crippen LogP contribution < -0.4 is 0 Å². The number of hydrogen-bond acceptors (Lipinski definition) is 2. The van der Waals surface area contributed by atoms with Gasteiger partial charge in [-0.15, -0.1) is 0 Å². The summed E-state index contributed by atoms with van der Waals surface area (Å²) in [7, 11) is 0. The van der Waals surface area contributed by atoms with Crippen molar-refractivity contribution in [1.29, 1.82) is 0 Å². The summed E-state index contributed by atoms with van der Waals surface area (Å²) in [6.07, 6.45) is -4.41. The van der Waals surface area contributed by atoms with E-state index in [-0.39, 0.29) is 13.2 Å². The number of rotatable bonds is 2. The lowest BCUT2D eigenvalue weighted by molar-refractivity contribution is -0.141. The molecule has 1 heterocycles. The predicted octanol–water partition coefficient (Wildman–Crippen LogP) is 1.20. The van der Waals surface area contributed by atoms with Crippen molar-refractivity contribution in [3.05, 3.63) is 17.5 Å². The molecule has 74 valence electrons. The van der Waals surface area contributed by atoms with Crippen LogP contribution in [0.5, 0.6) is 0 Å². The summed E-state index contributed by atoms with van der Waals surface area (Å²) in [5, 5.41) is 11.8. The molecule has 0 amide bonds. The van der Waals surface area contributed by atoms with E-state index in [1.807, 2.05) is 0 Å². The minimum absolute atomic E-state index is 0.0852. The van der Waals surface area contributed by atoms with Crippen LogP contribution in [-0.4, -0.2) is 21.5 Å². The van der Waals surface area contributed by atoms with E-state index in [1.54, 1.807) is 0 Å². The Labute approximate surface area is 72.8 Å². The average molecular weight is 194 g/mol. The Kier molecular flexibility index (Phi) is 2.60. The number of aromatic nitrogens is 2. The van der Waals surface area contributed by atoms with E-state index >= 15 is 0 Å². The number of halogens is 3. The van der Waals surface area contributed by atoms with Crippen LogP contribution in [-0.2, 0) is 12.7 Å². The first-order valence-corrected chi connectivity index (χ1v) is 3.67. The molecule has 0 aliphatic rings. The maximum Gasteiger partial charge on any atom is 0.435 e. The van der Waals surface area contributed by atoms with E-state index in [2.05, 4.69) is 5.10 Å². The Bertz CT molecular complexity index is 292. The van der Waals surface area contributed by atoms with Crippen LogP contribution in [0.25, 0.3) is 0 Å². The third kappa shape index (κ3) is 2.21. The van der Waals surface area contributed by atoms with E-state index in [0.717, 1.165) is 10.7 Å². The summed E-state index contributed by atoms with van der Waals surface area (Å²) < 4.78 is 37.4. The van der Waals surface area contributed by atoms with Gasteiger partial charge in [-0.3, -0.25) is 4.68 Å². The van der Waals surface area contributed by atoms with Crippen LogP contribution in [0.2, 0.25) is 0 Å². The summed E-state index contributed by atoms with van der Waals surface area (Å²) in [6.45, 7) is 1.37. The van der Waals surface area contributed by atoms with E-state index in [9.17, 15) is 13.2 Å². The fourth-order valence-corrected chi connectivity index (χ4v) is 0.970. The number of nitrogens with zero attached hydrogens (tertiary/aromatic N) is 2. The quantitative estimate of drug-likeness (QED) is 0.768. The summed E-state index contributed by atoms with van der Waals surface area (Å²) in [6, 6.07) is 0.954. The second-order valence-corrected chi connectivity index (χ2v) is 2.62. The minimum atomic E-state index is -4.41. The molecule has 0 aliphatic heterocycles. The van der Waals surface area contributed by atoms with Crippen LogP contribution in [0.4, 0.5) is 13.2 Å². The van der Waals surface area contributed by atoms with Crippen molar-refractivity contribution in [2.45, 2.75) is 19.6 Å². The van der Waals surface area contributed by atoms with Gasteiger partial charge in [0.2, 0.25) is 0 Å². The van der Waals surface area contributed by atoms with E-state index in [0.29, 0.717) is 5.69 Å². The highest BCUT2D eigenvalue weighted by Crippen LogP contribution is 2.28. The summed E-state index contributed by atoms with van der Waals surface area (Å²) >= 11 is 0. The van der Waals surface area contributed by atoms with Crippen molar-refractivity contribution in [3.63, 3.8) is 0 Å². The SMILES string of the molecule is Cc1cc(C(F)(F)F)nn1CCO. The molecular formula is C7H9F3N2O. The van der Waals surface area contributed by atoms with Gasteiger partial charge in [0.25, 0.3) is 0 Å². The smallest absolute Gasteiger partial charge is 0.394 e. The maximum atomic E-state index is 12.1. The van der Waals surface area contributed by atoms with Crippen molar-refractivity contribution in [1.82, 2.24) is 9.78 Å². The van der Waals surface area contributed by atoms with Gasteiger partial charge in [0, 0.05) is 5.69 Å². The van der Waals surface area contributed by atoms with Crippen molar-refractivity contribution in [2.75, 3.05) is 6.61 Å². The molecule has 0 unspecified atom stereocenters. The Morgan fingerprint density at radius 3 is 2.54 bits per heavy atom. The zero-order chi connectivity index (χ0) is 10.1. The van der Waals surface area contributed by atoms with Gasteiger partial charge < -0.3 is 5.11 Å². The number of hydrogen-bond donors (Lipinski definition) is 1. The van der Waals surface area contributed by atoms with Crippen molar-refractivity contribution in [2.24, 2.45) is 0 Å². The van der Waals surface area contributed by atoms with Crippen LogP contribution in [0, 0.1) is 6.92 Å². The second-order valence-electron chi connectivity index (χ2n) is 2.62. The molecule has 3 nitrogen and oxygen atoms in total. The molecule has 1 aromatic rings. The Balaban J connectivity index is 2.95. The molecule has 0 aliphatic carbocycles. The highest BCUT2D eigenvalue weighted by atomic mass is 19.4. The van der Waals surface area contributed by atoms with Gasteiger partial charge >= 0.3 is 6.18 Å². The number of aryl methyl sites for hydroxylation is 1. The second kappa shape index (κ2) is 3.37. The minimum Gasteiger partial charge on any atom is -0.394 e. The monoisotopic (exact) mass is 194 g/mol. The molecule has 1 aromatic heterocycles. The molecule has 13 heavy (non-hydrogen) atoms. The number of aliphatic hydroxyl groups is 1. The lowest BCUT2D eigenvalue weighted by Gasteiger charge is -2.01. The molecule has 0 fully saturated rings. The summed E-state index contributed by atoms with van der Waals surface area (Å²) in [4.78, 5) is 0. The predicted molar refractivity (Wildman–Crippen MR) is 39.1 cm³/mol. The topological polar surface area (TPSA) is 38.0 Å². The first-order chi connectivity index (χ1) is 5.95. The molecular weight excluding hydrogens is 185 g/mol. The van der Waals surface area contributed by atoms with E-state index in [4.69, 9.17) is 5.11 Å². The van der Waals surface area contributed by atoms with Crippen LogP contribution in [0.1, 0.15) is 11.4 Å². The van der Waals surface area contributed by atoms with Gasteiger partial charge in [-0.1, -0.05) is 0 Å². The van der Waals surface area contributed by atoms with Crippen molar-refractivity contribution >= 4 is 0 Å². The van der Waals surface area contributed by atoms with Gasteiger partial charge in [0.1, 0.15) is 0 Å². The van der Waals surface area contributed by atoms with Gasteiger partial charge in [0.15, 0.2) is 5.69 Å². The Hall–Kier alpha value is -1.04. The van der Waals surface area contributed by atoms with Crippen molar-refractivity contribution in [3.8, 4) is 0 Å². The largest absolute Gasteiger partial charge is 0.435 e. The lowest BCUT2D eigenvalue weighted by Crippen LogP contribution is -2.09. The van der Waals surface area contributed by atoms with E-state index in [1.165, 1.54) is 6.92 Å². The third-order valence-corrected chi connectivity index (χ3v) is 1.58. The van der Waals surface area contributed by atoms with Crippen LogP contribution >= 0.6 is 0 Å². The molecule has 0 aromatic carbocycles. The van der Waals surface area contributed by atoms with Crippen LogP contribution in [0.3, 0.4) is 0 Å². The fraction of sp³-hybridized carbons (Fsp3) is 0.571. The molecule has 0 atom stereocenters. The number of alkyl halides is 3. The first-order valence-electron chi connectivity index (χ1n) is 3.67. The molecule has 1 rings (SSSR count). The highest BCUT2D eigenvalue weighted by Gasteiger charge is 2.34. The van der Waals surface area contributed by atoms with Crippen LogP contribution in [0.15, 0.2) is 6.07 Å². The highest BCUT2D eigenvalue weighted by molar-refractivity contribution is 5.11. The summed E-state index contributed by atoms with van der Waals surface area (Å²) in [5.74, 6) is 0. The van der Waals surface area contributed by atoms with Gasteiger partial charge in [-0.25, -0.2) is 0 Å². The summed E-state index contributed by atoms with van der Waals surface area (Å²) in [5.41, 5.74) is -0.528. The van der Waals surface area contributed by atoms with Gasteiger partial charge in [0.05, 0.1) is 13.2 Å². The molecule has 0 spiro atoms. The lowest BCUT2D eigenvalue weighted by atomic mass is 10.4.